The van der Waals surface area contributed by atoms with E-state index in [0.717, 1.165) is 11.4 Å². The molecule has 1 rings (SSSR count). The number of aromatic nitrogens is 1. The summed E-state index contributed by atoms with van der Waals surface area (Å²) in [7, 11) is 0. The van der Waals surface area contributed by atoms with Crippen LogP contribution in [0.5, 0.6) is 0 Å². The molecule has 88 valence electrons. The summed E-state index contributed by atoms with van der Waals surface area (Å²) in [6.45, 7) is 3.61. The standard InChI is InChI=1S/C10H12BrF2N3/c1-7-3-4-8(2)16(7)9(5-6-14)15-10(11,12)13/h3-6H,14H2,1-2H3. The van der Waals surface area contributed by atoms with E-state index in [9.17, 15) is 8.78 Å². The number of aryl methyl sites for hydroxylation is 2. The van der Waals surface area contributed by atoms with Gasteiger partial charge in [0.05, 0.1) is 0 Å². The van der Waals surface area contributed by atoms with Crippen molar-refractivity contribution in [3.05, 3.63) is 35.8 Å². The quantitative estimate of drug-likeness (QED) is 0.387. The smallest absolute Gasteiger partial charge is 0.401 e. The van der Waals surface area contributed by atoms with Crippen LogP contribution in [0.4, 0.5) is 8.78 Å². The van der Waals surface area contributed by atoms with Crippen molar-refractivity contribution in [2.45, 2.75) is 18.8 Å². The minimum atomic E-state index is -3.30. The topological polar surface area (TPSA) is 43.3 Å². The van der Waals surface area contributed by atoms with E-state index in [-0.39, 0.29) is 5.84 Å². The molecule has 2 N–H and O–H groups in total. The third-order valence-corrected chi connectivity index (χ3v) is 2.16. The van der Waals surface area contributed by atoms with Crippen LogP contribution in [0.3, 0.4) is 0 Å². The zero-order chi connectivity index (χ0) is 12.3. The van der Waals surface area contributed by atoms with Crippen molar-refractivity contribution in [1.82, 2.24) is 4.57 Å². The second-order valence-corrected chi connectivity index (χ2v) is 4.20. The zero-order valence-corrected chi connectivity index (χ0v) is 10.5. The molecule has 1 aromatic heterocycles. The van der Waals surface area contributed by atoms with E-state index < -0.39 is 4.96 Å². The molecular weight excluding hydrogens is 280 g/mol. The van der Waals surface area contributed by atoms with E-state index in [2.05, 4.69) is 20.9 Å². The van der Waals surface area contributed by atoms with E-state index in [1.54, 1.807) is 18.4 Å². The number of rotatable bonds is 2. The van der Waals surface area contributed by atoms with Crippen LogP contribution < -0.4 is 5.73 Å². The van der Waals surface area contributed by atoms with Crippen LogP contribution >= 0.6 is 15.9 Å². The molecule has 0 aliphatic carbocycles. The minimum absolute atomic E-state index is 0.0874. The third-order valence-electron chi connectivity index (χ3n) is 1.99. The molecule has 1 aromatic rings. The van der Waals surface area contributed by atoms with Crippen LogP contribution in [0.2, 0.25) is 0 Å². The molecule has 16 heavy (non-hydrogen) atoms. The Balaban J connectivity index is 3.29. The molecule has 0 bridgehead atoms. The largest absolute Gasteiger partial charge is 0.404 e. The van der Waals surface area contributed by atoms with Gasteiger partial charge < -0.3 is 10.3 Å². The molecule has 0 aromatic carbocycles. The molecule has 0 atom stereocenters. The fourth-order valence-corrected chi connectivity index (χ4v) is 1.59. The summed E-state index contributed by atoms with van der Waals surface area (Å²) in [6, 6.07) is 3.64. The number of hydrogen-bond donors (Lipinski definition) is 1. The van der Waals surface area contributed by atoms with Crippen LogP contribution in [0.15, 0.2) is 29.4 Å². The Morgan fingerprint density at radius 3 is 2.31 bits per heavy atom. The van der Waals surface area contributed by atoms with Gasteiger partial charge in [-0.25, -0.2) is 0 Å². The zero-order valence-electron chi connectivity index (χ0n) is 8.92. The molecule has 0 amide bonds. The fourth-order valence-electron chi connectivity index (χ4n) is 1.41. The first kappa shape index (κ1) is 12.9. The molecule has 3 nitrogen and oxygen atoms in total. The molecule has 0 aliphatic rings. The lowest BCUT2D eigenvalue weighted by Crippen LogP contribution is -2.17. The van der Waals surface area contributed by atoms with Crippen LogP contribution in [0, 0.1) is 13.8 Å². The number of nitrogens with two attached hydrogens (primary N) is 1. The lowest BCUT2D eigenvalue weighted by atomic mass is 10.4. The first-order valence-electron chi connectivity index (χ1n) is 4.55. The van der Waals surface area contributed by atoms with Gasteiger partial charge >= 0.3 is 4.96 Å². The minimum Gasteiger partial charge on any atom is -0.404 e. The van der Waals surface area contributed by atoms with Gasteiger partial charge in [-0.05, 0) is 38.3 Å². The summed E-state index contributed by atoms with van der Waals surface area (Å²) < 4.78 is 27.2. The number of alkyl halides is 3. The number of aliphatic imine (C=N–C) groups is 1. The SMILES string of the molecule is Cc1ccc(C)n1C(C=CN)=NC(F)(F)Br. The molecule has 0 aliphatic heterocycles. The summed E-state index contributed by atoms with van der Waals surface area (Å²) in [5.74, 6) is 0.0874. The maximum absolute atomic E-state index is 12.8. The van der Waals surface area contributed by atoms with Crippen molar-refractivity contribution < 1.29 is 8.78 Å². The van der Waals surface area contributed by atoms with E-state index in [1.807, 2.05) is 12.1 Å². The Morgan fingerprint density at radius 1 is 1.44 bits per heavy atom. The second-order valence-electron chi connectivity index (χ2n) is 3.25. The number of hydrogen-bond acceptors (Lipinski definition) is 2. The van der Waals surface area contributed by atoms with E-state index in [4.69, 9.17) is 5.73 Å². The summed E-state index contributed by atoms with van der Waals surface area (Å²) >= 11 is 2.17. The Labute approximate surface area is 101 Å². The monoisotopic (exact) mass is 291 g/mol. The van der Waals surface area contributed by atoms with Gasteiger partial charge in [0.25, 0.3) is 0 Å². The molecule has 1 heterocycles. The fraction of sp³-hybridized carbons (Fsp3) is 0.300. The van der Waals surface area contributed by atoms with Gasteiger partial charge in [-0.3, -0.25) is 0 Å². The Bertz CT molecular complexity index is 410. The van der Waals surface area contributed by atoms with Crippen molar-refractivity contribution in [1.29, 1.82) is 0 Å². The lowest BCUT2D eigenvalue weighted by molar-refractivity contribution is 0.126. The van der Waals surface area contributed by atoms with Crippen LogP contribution in [-0.2, 0) is 0 Å². The average Bonchev–Trinajstić information content (AvgIpc) is 2.43. The van der Waals surface area contributed by atoms with Gasteiger partial charge in [0.15, 0.2) is 0 Å². The maximum atomic E-state index is 12.8. The molecule has 0 unspecified atom stereocenters. The van der Waals surface area contributed by atoms with Gasteiger partial charge in [0, 0.05) is 27.3 Å². The van der Waals surface area contributed by atoms with Crippen LogP contribution in [0.1, 0.15) is 11.4 Å². The highest BCUT2D eigenvalue weighted by molar-refractivity contribution is 9.09. The first-order chi connectivity index (χ1) is 7.35. The van der Waals surface area contributed by atoms with Gasteiger partial charge in [-0.2, -0.15) is 13.8 Å². The van der Waals surface area contributed by atoms with Crippen molar-refractivity contribution >= 4 is 21.8 Å². The predicted octanol–water partition coefficient (Wildman–Crippen LogP) is 2.77. The summed E-state index contributed by atoms with van der Waals surface area (Å²) in [5.41, 5.74) is 6.84. The summed E-state index contributed by atoms with van der Waals surface area (Å²) in [5, 5.41) is 0. The van der Waals surface area contributed by atoms with Crippen molar-refractivity contribution in [2.24, 2.45) is 10.7 Å². The van der Waals surface area contributed by atoms with Gasteiger partial charge in [0.1, 0.15) is 5.84 Å². The highest BCUT2D eigenvalue weighted by atomic mass is 79.9. The summed E-state index contributed by atoms with van der Waals surface area (Å²) in [6.07, 6.45) is 2.51. The van der Waals surface area contributed by atoms with Crippen molar-refractivity contribution in [3.63, 3.8) is 0 Å². The Kier molecular flexibility index (Phi) is 3.85. The highest BCUT2D eigenvalue weighted by Gasteiger charge is 2.23. The third kappa shape index (κ3) is 3.16. The van der Waals surface area contributed by atoms with E-state index >= 15 is 0 Å². The van der Waals surface area contributed by atoms with E-state index in [0.29, 0.717) is 0 Å². The number of halogens is 3. The molecule has 0 saturated heterocycles. The van der Waals surface area contributed by atoms with E-state index in [1.165, 1.54) is 12.3 Å². The molecular formula is C10H12BrF2N3. The lowest BCUT2D eigenvalue weighted by Gasteiger charge is -2.11. The number of allylic oxidation sites excluding steroid dienone is 1. The molecule has 0 spiro atoms. The number of nitrogens with zero attached hydrogens (tertiary/aromatic N) is 2. The molecule has 6 heteroatoms. The van der Waals surface area contributed by atoms with Crippen molar-refractivity contribution in [3.8, 4) is 0 Å². The van der Waals surface area contributed by atoms with Gasteiger partial charge in [-0.1, -0.05) is 0 Å². The van der Waals surface area contributed by atoms with Crippen LogP contribution in [0.25, 0.3) is 0 Å². The molecule has 0 radical (unpaired) electrons. The highest BCUT2D eigenvalue weighted by Crippen LogP contribution is 2.24. The Hall–Kier alpha value is -1.17. The van der Waals surface area contributed by atoms with Gasteiger partial charge in [-0.15, -0.1) is 0 Å². The maximum Gasteiger partial charge on any atom is 0.401 e. The van der Waals surface area contributed by atoms with Gasteiger partial charge in [0.2, 0.25) is 0 Å². The molecule has 0 fully saturated rings. The molecule has 0 saturated carbocycles. The normalized spacial score (nSPS) is 13.7. The summed E-state index contributed by atoms with van der Waals surface area (Å²) in [4.78, 5) is -0.0417. The van der Waals surface area contributed by atoms with Crippen molar-refractivity contribution in [2.75, 3.05) is 0 Å². The predicted molar refractivity (Wildman–Crippen MR) is 63.9 cm³/mol. The average molecular weight is 292 g/mol. The Morgan fingerprint density at radius 2 is 1.94 bits per heavy atom. The first-order valence-corrected chi connectivity index (χ1v) is 5.34. The van der Waals surface area contributed by atoms with Crippen LogP contribution in [-0.4, -0.2) is 15.4 Å². The second kappa shape index (κ2) is 4.78.